The molecule has 0 rings (SSSR count). The number of hydrogen-bond donors (Lipinski definition) is 6. The Bertz CT molecular complexity index is 128. The molecule has 0 spiro atoms. The van der Waals surface area contributed by atoms with Crippen molar-refractivity contribution in [2.75, 3.05) is 0 Å². The van der Waals surface area contributed by atoms with E-state index < -0.39 is 12.9 Å². The van der Waals surface area contributed by atoms with E-state index in [4.69, 9.17) is 29.4 Å². The molecule has 0 fully saturated rings. The van der Waals surface area contributed by atoms with Crippen LogP contribution in [0.25, 0.3) is 0 Å². The van der Waals surface area contributed by atoms with Gasteiger partial charge in [0.15, 0.2) is 0 Å². The van der Waals surface area contributed by atoms with E-state index in [0.29, 0.717) is 0 Å². The second-order valence-corrected chi connectivity index (χ2v) is 7.63. The first kappa shape index (κ1) is 13.9. The molecule has 0 aliphatic heterocycles. The average Bonchev–Trinajstić information content (AvgIpc) is 1.12. The van der Waals surface area contributed by atoms with Crippen LogP contribution >= 0.6 is 12.9 Å². The molecule has 0 aromatic heterocycles. The zero-order valence-corrected chi connectivity index (χ0v) is 8.71. The third kappa shape index (κ3) is 354. The summed E-state index contributed by atoms with van der Waals surface area (Å²) in [5.74, 6) is 0. The molecule has 0 amide bonds. The van der Waals surface area contributed by atoms with Crippen molar-refractivity contribution < 1.29 is 29.4 Å². The number of hydrogen-bond acceptors (Lipinski definition) is 4. The summed E-state index contributed by atoms with van der Waals surface area (Å²) in [5, 5.41) is 0. The Labute approximate surface area is 69.5 Å². The molecule has 0 aromatic rings. The van der Waals surface area contributed by atoms with Gasteiger partial charge in [0, 0.05) is 0 Å². The molecule has 10 heavy (non-hydrogen) atoms. The Balaban J connectivity index is 0. The van der Waals surface area contributed by atoms with Crippen molar-refractivity contribution >= 4 is 39.8 Å². The van der Waals surface area contributed by atoms with Gasteiger partial charge in [0.1, 0.15) is 0 Å². The quantitative estimate of drug-likeness (QED) is 0.223. The van der Waals surface area contributed by atoms with Crippen LogP contribution in [0.4, 0.5) is 0 Å². The topological polar surface area (TPSA) is 121 Å². The summed E-state index contributed by atoms with van der Waals surface area (Å²) in [5.41, 5.74) is 0. The van der Waals surface area contributed by atoms with Crippen molar-refractivity contribution in [1.29, 1.82) is 0 Å². The van der Waals surface area contributed by atoms with Crippen molar-refractivity contribution in [3.8, 4) is 0 Å². The normalized spacial score (nSPS) is 11.8. The van der Waals surface area contributed by atoms with E-state index in [1.807, 2.05) is 0 Å². The van der Waals surface area contributed by atoms with Crippen molar-refractivity contribution in [2.45, 2.75) is 0 Å². The molecule has 64 valence electrons. The standard InChI is InChI=1S/H3O3PS.H3O3PSe/c2*1-4(2,3)5/h2*(H3,1,2,3,5). The fourth-order valence-corrected chi connectivity index (χ4v) is 0. The van der Waals surface area contributed by atoms with E-state index in [1.54, 1.807) is 15.1 Å². The molecule has 0 aliphatic rings. The van der Waals surface area contributed by atoms with Crippen molar-refractivity contribution in [2.24, 2.45) is 0 Å². The predicted molar refractivity (Wildman–Crippen MR) is 40.3 cm³/mol. The molecule has 0 radical (unpaired) electrons. The van der Waals surface area contributed by atoms with Crippen LogP contribution in [0.3, 0.4) is 0 Å². The van der Waals surface area contributed by atoms with Gasteiger partial charge in [-0.2, -0.15) is 0 Å². The molecule has 6 N–H and O–H groups in total. The SMILES string of the molecule is OP(O)(O)=S.OP(O)(O)=[Se]. The van der Waals surface area contributed by atoms with Gasteiger partial charge in [0.05, 0.1) is 0 Å². The molecule has 0 bridgehead atoms. The van der Waals surface area contributed by atoms with E-state index in [-0.39, 0.29) is 0 Å². The summed E-state index contributed by atoms with van der Waals surface area (Å²) >= 11 is 5.36. The first-order valence-electron chi connectivity index (χ1n) is 1.57. The molecule has 0 saturated carbocycles. The fraction of sp³-hybridized carbons (Fsp3) is 0. The molecular formula is H6O6P2SSe. The second kappa shape index (κ2) is 5.08. The number of rotatable bonds is 0. The summed E-state index contributed by atoms with van der Waals surface area (Å²) in [6, 6.07) is 0. The molecule has 0 saturated heterocycles. The Kier molecular flexibility index (Phi) is 7.08. The molecule has 0 unspecified atom stereocenters. The molecule has 0 heterocycles. The molecular weight excluding hydrogens is 269 g/mol. The maximum atomic E-state index is 7.69. The summed E-state index contributed by atoms with van der Waals surface area (Å²) in [7, 11) is 0. The third-order valence-electron chi connectivity index (χ3n) is 0. The van der Waals surface area contributed by atoms with Crippen LogP contribution in [0.15, 0.2) is 0 Å². The van der Waals surface area contributed by atoms with E-state index in [2.05, 4.69) is 11.8 Å². The maximum absolute atomic E-state index is 7.69. The van der Waals surface area contributed by atoms with E-state index in [0.717, 1.165) is 0 Å². The molecule has 0 aliphatic carbocycles. The van der Waals surface area contributed by atoms with Gasteiger partial charge < -0.3 is 14.7 Å². The van der Waals surface area contributed by atoms with Crippen LogP contribution in [0.2, 0.25) is 0 Å². The zero-order chi connectivity index (χ0) is 9.00. The zero-order valence-electron chi connectivity index (χ0n) is 4.39. The average molecular weight is 275 g/mol. The Morgan fingerprint density at radius 3 is 0.900 bits per heavy atom. The summed E-state index contributed by atoms with van der Waals surface area (Å²) < 4.78 is 0. The third-order valence-corrected chi connectivity index (χ3v) is 0. The van der Waals surface area contributed by atoms with Gasteiger partial charge in [-0.25, -0.2) is 0 Å². The van der Waals surface area contributed by atoms with Crippen molar-refractivity contribution in [3.05, 3.63) is 0 Å². The van der Waals surface area contributed by atoms with Gasteiger partial charge >= 0.3 is 42.7 Å². The Morgan fingerprint density at radius 1 is 0.900 bits per heavy atom. The predicted octanol–water partition coefficient (Wildman–Crippen LogP) is -2.00. The minimum absolute atomic E-state index is 1.76. The summed E-state index contributed by atoms with van der Waals surface area (Å²) in [6.07, 6.45) is -3.51. The van der Waals surface area contributed by atoms with Crippen LogP contribution in [0, 0.1) is 0 Å². The first-order valence-corrected chi connectivity index (χ1v) is 8.09. The fourth-order valence-electron chi connectivity index (χ4n) is 0. The van der Waals surface area contributed by atoms with E-state index in [9.17, 15) is 0 Å². The van der Waals surface area contributed by atoms with Gasteiger partial charge in [0.25, 0.3) is 0 Å². The molecule has 0 aromatic carbocycles. The minimum atomic E-state index is -3.81. The van der Waals surface area contributed by atoms with Crippen molar-refractivity contribution in [3.63, 3.8) is 0 Å². The van der Waals surface area contributed by atoms with Gasteiger partial charge in [-0.15, -0.1) is 0 Å². The van der Waals surface area contributed by atoms with Crippen LogP contribution in [-0.2, 0) is 11.8 Å². The van der Waals surface area contributed by atoms with Gasteiger partial charge in [0.2, 0.25) is 0 Å². The summed E-state index contributed by atoms with van der Waals surface area (Å²) in [6.45, 7) is -3.81. The van der Waals surface area contributed by atoms with Gasteiger partial charge in [-0.3, -0.25) is 0 Å². The first-order chi connectivity index (χ1) is 4.00. The van der Waals surface area contributed by atoms with E-state index in [1.165, 1.54) is 0 Å². The second-order valence-electron chi connectivity index (χ2n) is 1.03. The van der Waals surface area contributed by atoms with Crippen molar-refractivity contribution in [1.82, 2.24) is 0 Å². The molecule has 0 atom stereocenters. The monoisotopic (exact) mass is 276 g/mol. The van der Waals surface area contributed by atoms with Crippen LogP contribution in [0.5, 0.6) is 0 Å². The van der Waals surface area contributed by atoms with Crippen LogP contribution in [0.1, 0.15) is 0 Å². The van der Waals surface area contributed by atoms with E-state index >= 15 is 0 Å². The molecule has 6 nitrogen and oxygen atoms in total. The molecule has 10 heteroatoms. The Hall–Kier alpha value is 1.36. The van der Waals surface area contributed by atoms with Crippen LogP contribution in [-0.4, -0.2) is 44.5 Å². The van der Waals surface area contributed by atoms with Gasteiger partial charge in [-0.05, 0) is 11.8 Å². The summed E-state index contributed by atoms with van der Waals surface area (Å²) in [4.78, 5) is 45.7. The van der Waals surface area contributed by atoms with Gasteiger partial charge in [-0.1, -0.05) is 0 Å². The van der Waals surface area contributed by atoms with Crippen LogP contribution < -0.4 is 0 Å². The Morgan fingerprint density at radius 2 is 0.900 bits per heavy atom.